The third kappa shape index (κ3) is 1.36. The van der Waals surface area contributed by atoms with Gasteiger partial charge in [0.15, 0.2) is 0 Å². The Morgan fingerprint density at radius 2 is 2.45 bits per heavy atom. The van der Waals surface area contributed by atoms with Gasteiger partial charge in [-0.25, -0.2) is 4.39 Å². The number of carbonyl (C=O) groups is 1. The van der Waals surface area contributed by atoms with Gasteiger partial charge in [0, 0.05) is 5.25 Å². The summed E-state index contributed by atoms with van der Waals surface area (Å²) in [7, 11) is 0. The van der Waals surface area contributed by atoms with Crippen molar-refractivity contribution in [2.75, 3.05) is 13.3 Å². The van der Waals surface area contributed by atoms with Crippen LogP contribution < -0.4 is 0 Å². The first kappa shape index (κ1) is 8.84. The number of hydrogen-bond donors (Lipinski definition) is 1. The summed E-state index contributed by atoms with van der Waals surface area (Å²) in [6, 6.07) is 0. The molecule has 11 heavy (non-hydrogen) atoms. The minimum Gasteiger partial charge on any atom is -0.465 e. The molecule has 0 aliphatic heterocycles. The Morgan fingerprint density at radius 3 is 2.73 bits per heavy atom. The van der Waals surface area contributed by atoms with Crippen molar-refractivity contribution in [2.24, 2.45) is 5.41 Å². The Balaban J connectivity index is 2.51. The molecule has 1 fully saturated rings. The summed E-state index contributed by atoms with van der Waals surface area (Å²) in [5, 5.41) is -0.147. The van der Waals surface area contributed by atoms with E-state index in [-0.39, 0.29) is 5.25 Å². The Kier molecular flexibility index (Phi) is 2.42. The van der Waals surface area contributed by atoms with Crippen LogP contribution in [0.2, 0.25) is 0 Å². The quantitative estimate of drug-likeness (QED) is 0.519. The molecule has 64 valence electrons. The molecule has 1 saturated carbocycles. The van der Waals surface area contributed by atoms with Crippen molar-refractivity contribution in [1.29, 1.82) is 0 Å². The maximum atomic E-state index is 12.3. The molecule has 0 heterocycles. The highest BCUT2D eigenvalue weighted by molar-refractivity contribution is 7.81. The van der Waals surface area contributed by atoms with Crippen LogP contribution in [-0.2, 0) is 9.53 Å². The van der Waals surface area contributed by atoms with Crippen LogP contribution in [0.3, 0.4) is 0 Å². The van der Waals surface area contributed by atoms with Crippen LogP contribution in [0.4, 0.5) is 4.39 Å². The number of rotatable bonds is 3. The van der Waals surface area contributed by atoms with Gasteiger partial charge in [0.05, 0.1) is 6.61 Å². The van der Waals surface area contributed by atoms with Gasteiger partial charge in [-0.15, -0.1) is 0 Å². The highest BCUT2D eigenvalue weighted by Crippen LogP contribution is 2.51. The maximum Gasteiger partial charge on any atom is 0.315 e. The van der Waals surface area contributed by atoms with Crippen LogP contribution in [-0.4, -0.2) is 24.5 Å². The number of ether oxygens (including phenoxy) is 1. The highest BCUT2D eigenvalue weighted by Gasteiger charge is 2.60. The second kappa shape index (κ2) is 3.01. The maximum absolute atomic E-state index is 12.3. The van der Waals surface area contributed by atoms with E-state index in [0.29, 0.717) is 13.0 Å². The molecule has 1 aliphatic carbocycles. The fourth-order valence-corrected chi connectivity index (χ4v) is 1.48. The van der Waals surface area contributed by atoms with Crippen LogP contribution >= 0.6 is 12.6 Å². The van der Waals surface area contributed by atoms with Gasteiger partial charge >= 0.3 is 5.97 Å². The van der Waals surface area contributed by atoms with Crippen molar-refractivity contribution in [1.82, 2.24) is 0 Å². The van der Waals surface area contributed by atoms with Crippen molar-refractivity contribution in [3.8, 4) is 0 Å². The first-order chi connectivity index (χ1) is 5.17. The first-order valence-electron chi connectivity index (χ1n) is 3.58. The molecule has 0 aromatic heterocycles. The second-order valence-electron chi connectivity index (χ2n) is 2.73. The lowest BCUT2D eigenvalue weighted by atomic mass is 10.1. The Hall–Kier alpha value is -0.250. The highest BCUT2D eigenvalue weighted by atomic mass is 32.1. The molecule has 1 aliphatic rings. The van der Waals surface area contributed by atoms with Gasteiger partial charge in [0.25, 0.3) is 0 Å². The van der Waals surface area contributed by atoms with Crippen LogP contribution in [0.15, 0.2) is 0 Å². The number of esters is 1. The lowest BCUT2D eigenvalue weighted by Gasteiger charge is -2.09. The monoisotopic (exact) mass is 178 g/mol. The Bertz CT molecular complexity index is 170. The van der Waals surface area contributed by atoms with Crippen LogP contribution in [0, 0.1) is 5.41 Å². The number of thiol groups is 1. The summed E-state index contributed by atoms with van der Waals surface area (Å²) >= 11 is 4.03. The molecule has 0 bridgehead atoms. The lowest BCUT2D eigenvalue weighted by Crippen LogP contribution is -2.23. The number of halogens is 1. The second-order valence-corrected chi connectivity index (χ2v) is 3.35. The van der Waals surface area contributed by atoms with Gasteiger partial charge in [-0.3, -0.25) is 4.79 Å². The summed E-state index contributed by atoms with van der Waals surface area (Å²) < 4.78 is 17.0. The summed E-state index contributed by atoms with van der Waals surface area (Å²) in [6.45, 7) is 1.36. The SMILES string of the molecule is CCOC(=O)C1(CF)CC1S. The third-order valence-corrected chi connectivity index (χ3v) is 2.63. The van der Waals surface area contributed by atoms with Gasteiger partial charge < -0.3 is 4.74 Å². The minimum absolute atomic E-state index is 0.147. The standard InChI is InChI=1S/C7H11FO2S/c1-2-10-6(9)7(4-8)3-5(7)11/h5,11H,2-4H2,1H3. The van der Waals surface area contributed by atoms with E-state index in [1.165, 1.54) is 0 Å². The number of carbonyl (C=O) groups excluding carboxylic acids is 1. The van der Waals surface area contributed by atoms with Crippen LogP contribution in [0.1, 0.15) is 13.3 Å². The molecule has 2 nitrogen and oxygen atoms in total. The first-order valence-corrected chi connectivity index (χ1v) is 4.10. The fraction of sp³-hybridized carbons (Fsp3) is 0.857. The topological polar surface area (TPSA) is 26.3 Å². The predicted octanol–water partition coefficient (Wildman–Crippen LogP) is 1.21. The molecule has 2 unspecified atom stereocenters. The molecule has 0 aromatic carbocycles. The zero-order valence-corrected chi connectivity index (χ0v) is 7.23. The number of hydrogen-bond acceptors (Lipinski definition) is 3. The van der Waals surface area contributed by atoms with E-state index >= 15 is 0 Å². The van der Waals surface area contributed by atoms with E-state index in [2.05, 4.69) is 12.6 Å². The molecule has 4 heteroatoms. The summed E-state index contributed by atoms with van der Waals surface area (Å²) in [5.41, 5.74) is -0.904. The van der Waals surface area contributed by atoms with Gasteiger partial charge in [0.1, 0.15) is 12.1 Å². The van der Waals surface area contributed by atoms with Crippen LogP contribution in [0.5, 0.6) is 0 Å². The molecular formula is C7H11FO2S. The summed E-state index contributed by atoms with van der Waals surface area (Å²) in [6.07, 6.45) is 0.505. The molecule has 0 amide bonds. The zero-order chi connectivity index (χ0) is 8.48. The summed E-state index contributed by atoms with van der Waals surface area (Å²) in [5.74, 6) is -0.442. The van der Waals surface area contributed by atoms with Gasteiger partial charge in [-0.2, -0.15) is 12.6 Å². The molecule has 0 saturated heterocycles. The van der Waals surface area contributed by atoms with Gasteiger partial charge in [-0.05, 0) is 13.3 Å². The van der Waals surface area contributed by atoms with Crippen molar-refractivity contribution in [2.45, 2.75) is 18.6 Å². The van der Waals surface area contributed by atoms with E-state index in [9.17, 15) is 9.18 Å². The normalized spacial score (nSPS) is 35.0. The molecule has 0 N–H and O–H groups in total. The van der Waals surface area contributed by atoms with Crippen LogP contribution in [0.25, 0.3) is 0 Å². The predicted molar refractivity (Wildman–Crippen MR) is 42.4 cm³/mol. The van der Waals surface area contributed by atoms with Gasteiger partial charge in [-0.1, -0.05) is 0 Å². The van der Waals surface area contributed by atoms with E-state index in [1.807, 2.05) is 0 Å². The Morgan fingerprint density at radius 1 is 1.91 bits per heavy atom. The average Bonchev–Trinajstić information content (AvgIpc) is 2.63. The minimum atomic E-state index is -0.904. The molecular weight excluding hydrogens is 167 g/mol. The molecule has 0 spiro atoms. The van der Waals surface area contributed by atoms with Gasteiger partial charge in [0.2, 0.25) is 0 Å². The lowest BCUT2D eigenvalue weighted by molar-refractivity contribution is -0.150. The largest absolute Gasteiger partial charge is 0.465 e. The molecule has 2 atom stereocenters. The van der Waals surface area contributed by atoms with E-state index < -0.39 is 18.1 Å². The molecule has 0 radical (unpaired) electrons. The third-order valence-electron chi connectivity index (χ3n) is 1.96. The van der Waals surface area contributed by atoms with E-state index in [4.69, 9.17) is 4.74 Å². The molecule has 0 aromatic rings. The van der Waals surface area contributed by atoms with Crippen molar-refractivity contribution in [3.05, 3.63) is 0 Å². The summed E-state index contributed by atoms with van der Waals surface area (Å²) in [4.78, 5) is 11.1. The average molecular weight is 178 g/mol. The Labute approximate surface area is 70.5 Å². The zero-order valence-electron chi connectivity index (χ0n) is 6.34. The fourth-order valence-electron chi connectivity index (χ4n) is 0.978. The smallest absolute Gasteiger partial charge is 0.315 e. The molecule has 1 rings (SSSR count). The van der Waals surface area contributed by atoms with Crippen molar-refractivity contribution >= 4 is 18.6 Å². The van der Waals surface area contributed by atoms with E-state index in [0.717, 1.165) is 0 Å². The number of alkyl halides is 1. The van der Waals surface area contributed by atoms with E-state index in [1.54, 1.807) is 6.92 Å². The van der Waals surface area contributed by atoms with Crippen molar-refractivity contribution < 1.29 is 13.9 Å². The van der Waals surface area contributed by atoms with Crippen molar-refractivity contribution in [3.63, 3.8) is 0 Å².